The lowest BCUT2D eigenvalue weighted by Gasteiger charge is -2.43. The van der Waals surface area contributed by atoms with E-state index in [0.717, 1.165) is 18.4 Å². The number of carbonyl (C=O) groups is 4. The van der Waals surface area contributed by atoms with Crippen LogP contribution in [0.15, 0.2) is 40.9 Å². The molecule has 0 radical (unpaired) electrons. The molecule has 1 fully saturated rings. The first-order chi connectivity index (χ1) is 17.1. The quantitative estimate of drug-likeness (QED) is 0.0892. The monoisotopic (exact) mass is 559 g/mol. The van der Waals surface area contributed by atoms with Gasteiger partial charge in [0.2, 0.25) is 5.91 Å². The van der Waals surface area contributed by atoms with Crippen LogP contribution in [0.3, 0.4) is 0 Å². The SMILES string of the molecule is CO/N=C(\C(=O)N[C@H]1C(=O)N(S(=O)(=O)O)[C@H]1COC(=O)c1ccccc1)c1csc(NC(=O)CCl)n1. The second kappa shape index (κ2) is 11.4. The summed E-state index contributed by atoms with van der Waals surface area (Å²) in [5, 5.41) is 9.73. The molecule has 2 atom stereocenters. The molecule has 0 saturated carbocycles. The molecule has 36 heavy (non-hydrogen) atoms. The molecular formula is C19H18ClN5O9S2. The maximum Gasteiger partial charge on any atom is 0.362 e. The summed E-state index contributed by atoms with van der Waals surface area (Å²) in [6.07, 6.45) is 0. The van der Waals surface area contributed by atoms with Crippen molar-refractivity contribution >= 4 is 67.8 Å². The first-order valence-corrected chi connectivity index (χ1v) is 12.6. The average Bonchev–Trinajstić information content (AvgIpc) is 3.30. The number of nitrogens with zero attached hydrogens (tertiary/aromatic N) is 3. The van der Waals surface area contributed by atoms with Gasteiger partial charge < -0.3 is 20.2 Å². The van der Waals surface area contributed by atoms with Crippen molar-refractivity contribution in [1.29, 1.82) is 0 Å². The topological polar surface area (TPSA) is 194 Å². The number of thiazole rings is 1. The van der Waals surface area contributed by atoms with E-state index in [2.05, 4.69) is 25.6 Å². The number of nitrogens with one attached hydrogen (secondary N) is 2. The van der Waals surface area contributed by atoms with Gasteiger partial charge in [-0.05, 0) is 12.1 Å². The van der Waals surface area contributed by atoms with Crippen LogP contribution in [0.4, 0.5) is 5.13 Å². The molecule has 0 unspecified atom stereocenters. The molecule has 2 heterocycles. The predicted octanol–water partition coefficient (Wildman–Crippen LogP) is 0.0263. The van der Waals surface area contributed by atoms with Crippen molar-refractivity contribution in [2.45, 2.75) is 12.1 Å². The van der Waals surface area contributed by atoms with Gasteiger partial charge in [0.15, 0.2) is 10.8 Å². The summed E-state index contributed by atoms with van der Waals surface area (Å²) in [4.78, 5) is 57.7. The lowest BCUT2D eigenvalue weighted by Crippen LogP contribution is -2.73. The highest BCUT2D eigenvalue weighted by atomic mass is 35.5. The van der Waals surface area contributed by atoms with Gasteiger partial charge in [0.1, 0.15) is 37.4 Å². The number of anilines is 1. The van der Waals surface area contributed by atoms with Crippen LogP contribution in [-0.2, 0) is 34.3 Å². The summed E-state index contributed by atoms with van der Waals surface area (Å²) in [5.41, 5.74) is -0.273. The Bertz CT molecular complexity index is 1300. The molecule has 2 aromatic rings. The minimum atomic E-state index is -5.01. The van der Waals surface area contributed by atoms with E-state index in [4.69, 9.17) is 16.3 Å². The van der Waals surface area contributed by atoms with Gasteiger partial charge >= 0.3 is 16.3 Å². The van der Waals surface area contributed by atoms with E-state index in [1.54, 1.807) is 18.2 Å². The molecule has 1 aliphatic rings. The number of oxime groups is 1. The molecule has 1 aliphatic heterocycles. The van der Waals surface area contributed by atoms with Crippen molar-refractivity contribution in [1.82, 2.24) is 14.6 Å². The zero-order chi connectivity index (χ0) is 26.5. The molecule has 3 rings (SSSR count). The number of rotatable bonds is 10. The fraction of sp³-hybridized carbons (Fsp3) is 0.263. The lowest BCUT2D eigenvalue weighted by molar-refractivity contribution is -0.146. The number of carbonyl (C=O) groups excluding carboxylic acids is 4. The summed E-state index contributed by atoms with van der Waals surface area (Å²) in [5.74, 6) is -3.84. The second-order valence-electron chi connectivity index (χ2n) is 6.94. The van der Waals surface area contributed by atoms with Crippen molar-refractivity contribution < 1.29 is 41.7 Å². The van der Waals surface area contributed by atoms with Crippen LogP contribution in [-0.4, -0.2) is 83.3 Å². The van der Waals surface area contributed by atoms with Gasteiger partial charge in [0, 0.05) is 5.38 Å². The number of aromatic nitrogens is 1. The molecule has 3 amide bonds. The Balaban J connectivity index is 1.76. The second-order valence-corrected chi connectivity index (χ2v) is 9.35. The number of esters is 1. The highest BCUT2D eigenvalue weighted by molar-refractivity contribution is 7.84. The Morgan fingerprint density at radius 3 is 2.58 bits per heavy atom. The largest absolute Gasteiger partial charge is 0.460 e. The molecule has 3 N–H and O–H groups in total. The third-order valence-electron chi connectivity index (χ3n) is 4.61. The van der Waals surface area contributed by atoms with E-state index in [0.29, 0.717) is 0 Å². The minimum Gasteiger partial charge on any atom is -0.460 e. The van der Waals surface area contributed by atoms with Gasteiger partial charge in [-0.2, -0.15) is 8.42 Å². The highest BCUT2D eigenvalue weighted by Gasteiger charge is 2.55. The van der Waals surface area contributed by atoms with Crippen molar-refractivity contribution in [3.8, 4) is 0 Å². The van der Waals surface area contributed by atoms with Crippen LogP contribution in [0.25, 0.3) is 0 Å². The van der Waals surface area contributed by atoms with E-state index >= 15 is 0 Å². The fourth-order valence-corrected chi connectivity index (χ4v) is 4.69. The van der Waals surface area contributed by atoms with Crippen molar-refractivity contribution in [3.63, 3.8) is 0 Å². The molecule has 1 saturated heterocycles. The predicted molar refractivity (Wildman–Crippen MR) is 126 cm³/mol. The van der Waals surface area contributed by atoms with Crippen LogP contribution in [0.1, 0.15) is 16.1 Å². The van der Waals surface area contributed by atoms with E-state index in [1.165, 1.54) is 17.5 Å². The standard InChI is InChI=1S/C19H18ClN5O9S2/c1-33-24-14(11-9-35-19(21-11)22-13(26)7-20)16(27)23-15-12(25(17(15)28)36(30,31)32)8-34-18(29)10-5-3-2-4-6-10/h2-6,9,12,15H,7-8H2,1H3,(H,23,27)(H,21,22,26)(H,30,31,32)/b24-14-/t12-,15+/m0/s1. The fourth-order valence-electron chi connectivity index (χ4n) is 3.04. The van der Waals surface area contributed by atoms with Gasteiger partial charge in [0.05, 0.1) is 5.56 Å². The van der Waals surface area contributed by atoms with Crippen LogP contribution in [0.5, 0.6) is 0 Å². The first kappa shape index (κ1) is 27.0. The number of benzene rings is 1. The molecule has 0 spiro atoms. The Labute approximate surface area is 213 Å². The van der Waals surface area contributed by atoms with Crippen molar-refractivity contribution in [2.24, 2.45) is 5.16 Å². The number of amides is 3. The first-order valence-electron chi connectivity index (χ1n) is 9.83. The zero-order valence-electron chi connectivity index (χ0n) is 18.3. The Morgan fingerprint density at radius 1 is 1.28 bits per heavy atom. The summed E-state index contributed by atoms with van der Waals surface area (Å²) < 4.78 is 37.9. The van der Waals surface area contributed by atoms with Gasteiger partial charge in [-0.3, -0.25) is 18.9 Å². The third-order valence-corrected chi connectivity index (χ3v) is 6.56. The summed E-state index contributed by atoms with van der Waals surface area (Å²) in [6.45, 7) is -0.660. The molecule has 17 heteroatoms. The smallest absolute Gasteiger partial charge is 0.362 e. The summed E-state index contributed by atoms with van der Waals surface area (Å²) in [6, 6.07) is 4.81. The Kier molecular flexibility index (Phi) is 8.57. The van der Waals surface area contributed by atoms with Gasteiger partial charge in [-0.25, -0.2) is 14.1 Å². The van der Waals surface area contributed by atoms with Crippen molar-refractivity contribution in [2.75, 3.05) is 24.9 Å². The third kappa shape index (κ3) is 6.14. The van der Waals surface area contributed by atoms with Crippen LogP contribution in [0.2, 0.25) is 0 Å². The van der Waals surface area contributed by atoms with Crippen LogP contribution < -0.4 is 10.6 Å². The molecule has 1 aromatic heterocycles. The van der Waals surface area contributed by atoms with Gasteiger partial charge in [0.25, 0.3) is 11.8 Å². The van der Waals surface area contributed by atoms with Crippen LogP contribution >= 0.6 is 22.9 Å². The van der Waals surface area contributed by atoms with Gasteiger partial charge in [-0.1, -0.05) is 23.4 Å². The number of ether oxygens (including phenoxy) is 1. The van der Waals surface area contributed by atoms with Gasteiger partial charge in [-0.15, -0.1) is 22.9 Å². The number of β-lactam (4-membered cyclic amide) rings is 1. The average molecular weight is 560 g/mol. The normalized spacial score (nSPS) is 17.7. The summed E-state index contributed by atoms with van der Waals surface area (Å²) >= 11 is 6.39. The number of alkyl halides is 1. The van der Waals surface area contributed by atoms with Crippen LogP contribution in [0, 0.1) is 0 Å². The van der Waals surface area contributed by atoms with E-state index < -0.39 is 58.4 Å². The van der Waals surface area contributed by atoms with E-state index in [9.17, 15) is 32.1 Å². The maximum absolute atomic E-state index is 12.9. The summed E-state index contributed by atoms with van der Waals surface area (Å²) in [7, 11) is -3.87. The Hall–Kier alpha value is -3.60. The molecule has 14 nitrogen and oxygen atoms in total. The molecular weight excluding hydrogens is 542 g/mol. The van der Waals surface area contributed by atoms with Crippen molar-refractivity contribution in [3.05, 3.63) is 47.0 Å². The zero-order valence-corrected chi connectivity index (χ0v) is 20.7. The highest BCUT2D eigenvalue weighted by Crippen LogP contribution is 2.25. The lowest BCUT2D eigenvalue weighted by atomic mass is 9.99. The number of hydrogen-bond acceptors (Lipinski definition) is 11. The molecule has 0 bridgehead atoms. The van der Waals surface area contributed by atoms with E-state index in [1.807, 2.05) is 0 Å². The Morgan fingerprint density at radius 2 is 1.97 bits per heavy atom. The maximum atomic E-state index is 12.9. The molecule has 1 aromatic carbocycles. The molecule has 0 aliphatic carbocycles. The number of hydrogen-bond donors (Lipinski definition) is 3. The molecule has 192 valence electrons. The minimum absolute atomic E-state index is 0.0327. The number of halogens is 1. The van der Waals surface area contributed by atoms with E-state index in [-0.39, 0.29) is 26.6 Å².